The number of carbonyl (C=O) groups excluding carboxylic acids is 1. The van der Waals surface area contributed by atoms with Crippen molar-refractivity contribution in [3.63, 3.8) is 0 Å². The summed E-state index contributed by atoms with van der Waals surface area (Å²) in [6.07, 6.45) is 0.954. The monoisotopic (exact) mass is 418 g/mol. The van der Waals surface area contributed by atoms with E-state index in [4.69, 9.17) is 0 Å². The molecular formula is C19H22N4OS3. The van der Waals surface area contributed by atoms with Crippen LogP contribution in [0.4, 0.5) is 10.8 Å². The summed E-state index contributed by atoms with van der Waals surface area (Å²) in [6, 6.07) is 8.31. The lowest BCUT2D eigenvalue weighted by Crippen LogP contribution is -2.27. The lowest BCUT2D eigenvalue weighted by atomic mass is 10.1. The van der Waals surface area contributed by atoms with Crippen LogP contribution >= 0.6 is 34.4 Å². The van der Waals surface area contributed by atoms with Gasteiger partial charge >= 0.3 is 0 Å². The average molecular weight is 419 g/mol. The fraction of sp³-hybridized carbons (Fsp3) is 0.316. The largest absolute Gasteiger partial charge is 0.341 e. The zero-order chi connectivity index (χ0) is 19.2. The highest BCUT2D eigenvalue weighted by atomic mass is 32.2. The van der Waals surface area contributed by atoms with E-state index in [1.807, 2.05) is 18.5 Å². The molecule has 27 heavy (non-hydrogen) atoms. The number of aryl methyl sites for hydroxylation is 2. The third-order valence-electron chi connectivity index (χ3n) is 4.12. The molecular weight excluding hydrogens is 396 g/mol. The molecule has 0 bridgehead atoms. The van der Waals surface area contributed by atoms with Crippen molar-refractivity contribution in [2.45, 2.75) is 31.2 Å². The second-order valence-electron chi connectivity index (χ2n) is 6.13. The highest BCUT2D eigenvalue weighted by Gasteiger charge is 2.13. The minimum atomic E-state index is 0.0862. The van der Waals surface area contributed by atoms with Crippen LogP contribution < -0.4 is 5.32 Å². The average Bonchev–Trinajstić information content (AvgIpc) is 3.33. The van der Waals surface area contributed by atoms with E-state index < -0.39 is 0 Å². The zero-order valence-corrected chi connectivity index (χ0v) is 18.0. The number of nitrogens with one attached hydrogen (secondary N) is 1. The number of para-hydroxylation sites is 1. The van der Waals surface area contributed by atoms with Crippen molar-refractivity contribution in [1.29, 1.82) is 0 Å². The van der Waals surface area contributed by atoms with Crippen molar-refractivity contribution < 1.29 is 4.79 Å². The van der Waals surface area contributed by atoms with Crippen LogP contribution in [-0.4, -0.2) is 33.8 Å². The molecule has 0 unspecified atom stereocenters. The summed E-state index contributed by atoms with van der Waals surface area (Å²) in [5, 5.41) is 16.7. The first-order chi connectivity index (χ1) is 13.1. The van der Waals surface area contributed by atoms with Crippen molar-refractivity contribution in [2.75, 3.05) is 18.1 Å². The molecule has 2 aromatic heterocycles. The molecule has 3 rings (SSSR count). The Morgan fingerprint density at radius 3 is 2.89 bits per heavy atom. The first kappa shape index (κ1) is 19.9. The first-order valence-electron chi connectivity index (χ1n) is 8.63. The van der Waals surface area contributed by atoms with Crippen LogP contribution in [-0.2, 0) is 17.8 Å². The van der Waals surface area contributed by atoms with Gasteiger partial charge in [0.05, 0.1) is 5.75 Å². The van der Waals surface area contributed by atoms with Gasteiger partial charge in [-0.15, -0.1) is 10.2 Å². The van der Waals surface area contributed by atoms with Crippen molar-refractivity contribution in [1.82, 2.24) is 15.1 Å². The Hall–Kier alpha value is -1.90. The summed E-state index contributed by atoms with van der Waals surface area (Å²) in [5.41, 5.74) is 4.70. The number of anilines is 2. The molecule has 3 aromatic rings. The van der Waals surface area contributed by atoms with Crippen LogP contribution in [0.25, 0.3) is 0 Å². The maximum atomic E-state index is 12.3. The Labute approximate surface area is 171 Å². The summed E-state index contributed by atoms with van der Waals surface area (Å²) in [7, 11) is 1.83. The van der Waals surface area contributed by atoms with Crippen LogP contribution in [0.15, 0.2) is 39.4 Å². The standard InChI is InChI=1S/C19H22N4OS3/c1-4-15-7-5-6-13(2)17(15)20-18-21-22-19(27-18)26-12-16(24)23(3)10-14-8-9-25-11-14/h5-9,11H,4,10,12H2,1-3H3,(H,20,21). The minimum absolute atomic E-state index is 0.0862. The number of amides is 1. The molecule has 1 amide bonds. The molecule has 0 fully saturated rings. The number of rotatable bonds is 8. The number of aromatic nitrogens is 2. The minimum Gasteiger partial charge on any atom is -0.341 e. The van der Waals surface area contributed by atoms with Gasteiger partial charge in [0.1, 0.15) is 0 Å². The van der Waals surface area contributed by atoms with Crippen molar-refractivity contribution in [2.24, 2.45) is 0 Å². The second-order valence-corrected chi connectivity index (χ2v) is 9.11. The molecule has 2 heterocycles. The number of carbonyl (C=O) groups is 1. The molecule has 0 saturated heterocycles. The second kappa shape index (κ2) is 9.34. The molecule has 0 atom stereocenters. The smallest absolute Gasteiger partial charge is 0.233 e. The number of thioether (sulfide) groups is 1. The van der Waals surface area contributed by atoms with Gasteiger partial charge in [-0.2, -0.15) is 11.3 Å². The van der Waals surface area contributed by atoms with Gasteiger partial charge in [-0.1, -0.05) is 48.2 Å². The Bertz CT molecular complexity index is 892. The van der Waals surface area contributed by atoms with Crippen LogP contribution in [0.5, 0.6) is 0 Å². The van der Waals surface area contributed by atoms with Crippen LogP contribution in [0.3, 0.4) is 0 Å². The van der Waals surface area contributed by atoms with E-state index in [0.717, 1.165) is 27.1 Å². The fourth-order valence-electron chi connectivity index (χ4n) is 2.61. The summed E-state index contributed by atoms with van der Waals surface area (Å²) in [4.78, 5) is 14.1. The van der Waals surface area contributed by atoms with Gasteiger partial charge in [-0.25, -0.2) is 0 Å². The number of hydrogen-bond donors (Lipinski definition) is 1. The third-order valence-corrected chi connectivity index (χ3v) is 6.81. The van der Waals surface area contributed by atoms with Crippen LogP contribution in [0.2, 0.25) is 0 Å². The lowest BCUT2D eigenvalue weighted by molar-refractivity contribution is -0.127. The predicted molar refractivity (Wildman–Crippen MR) is 115 cm³/mol. The third kappa shape index (κ3) is 5.31. The van der Waals surface area contributed by atoms with Gasteiger partial charge in [-0.05, 0) is 46.9 Å². The molecule has 0 saturated carbocycles. The molecule has 5 nitrogen and oxygen atoms in total. The fourth-order valence-corrected chi connectivity index (χ4v) is 4.96. The number of benzene rings is 1. The van der Waals surface area contributed by atoms with E-state index in [1.165, 1.54) is 34.2 Å². The maximum absolute atomic E-state index is 12.3. The predicted octanol–water partition coefficient (Wildman–Crippen LogP) is 4.96. The molecule has 1 N–H and O–H groups in total. The van der Waals surface area contributed by atoms with Gasteiger partial charge in [0.15, 0.2) is 4.34 Å². The topological polar surface area (TPSA) is 58.1 Å². The van der Waals surface area contributed by atoms with Gasteiger partial charge in [-0.3, -0.25) is 4.79 Å². The van der Waals surface area contributed by atoms with Crippen molar-refractivity contribution in [3.05, 3.63) is 51.7 Å². The molecule has 0 aliphatic carbocycles. The number of thiophene rings is 1. The Morgan fingerprint density at radius 1 is 1.30 bits per heavy atom. The molecule has 0 radical (unpaired) electrons. The molecule has 0 aliphatic rings. The Morgan fingerprint density at radius 2 is 2.15 bits per heavy atom. The van der Waals surface area contributed by atoms with E-state index in [1.54, 1.807) is 16.2 Å². The maximum Gasteiger partial charge on any atom is 0.233 e. The quantitative estimate of drug-likeness (QED) is 0.524. The molecule has 0 spiro atoms. The highest BCUT2D eigenvalue weighted by Crippen LogP contribution is 2.30. The normalized spacial score (nSPS) is 10.8. The summed E-state index contributed by atoms with van der Waals surface area (Å²) < 4.78 is 0.793. The molecule has 8 heteroatoms. The van der Waals surface area contributed by atoms with Gasteiger partial charge in [0.25, 0.3) is 0 Å². The van der Waals surface area contributed by atoms with E-state index in [0.29, 0.717) is 12.3 Å². The Balaban J connectivity index is 1.56. The van der Waals surface area contributed by atoms with Crippen molar-refractivity contribution in [3.8, 4) is 0 Å². The first-order valence-corrected chi connectivity index (χ1v) is 11.4. The Kier molecular flexibility index (Phi) is 6.87. The van der Waals surface area contributed by atoms with E-state index in [9.17, 15) is 4.79 Å². The van der Waals surface area contributed by atoms with E-state index >= 15 is 0 Å². The van der Waals surface area contributed by atoms with Gasteiger partial charge in [0, 0.05) is 19.3 Å². The highest BCUT2D eigenvalue weighted by molar-refractivity contribution is 8.01. The van der Waals surface area contributed by atoms with E-state index in [-0.39, 0.29) is 5.91 Å². The SMILES string of the molecule is CCc1cccc(C)c1Nc1nnc(SCC(=O)N(C)Cc2ccsc2)s1. The van der Waals surface area contributed by atoms with Gasteiger partial charge in [0.2, 0.25) is 11.0 Å². The lowest BCUT2D eigenvalue weighted by Gasteiger charge is -2.15. The molecule has 142 valence electrons. The van der Waals surface area contributed by atoms with Crippen LogP contribution in [0.1, 0.15) is 23.6 Å². The summed E-state index contributed by atoms with van der Waals surface area (Å²) >= 11 is 4.55. The van der Waals surface area contributed by atoms with Gasteiger partial charge < -0.3 is 10.2 Å². The van der Waals surface area contributed by atoms with E-state index in [2.05, 4.69) is 52.9 Å². The van der Waals surface area contributed by atoms with Crippen molar-refractivity contribution >= 4 is 51.2 Å². The molecule has 0 aliphatic heterocycles. The summed E-state index contributed by atoms with van der Waals surface area (Å²) in [5.74, 6) is 0.447. The molecule has 1 aromatic carbocycles. The van der Waals surface area contributed by atoms with Crippen LogP contribution in [0, 0.1) is 6.92 Å². The zero-order valence-electron chi connectivity index (χ0n) is 15.6. The number of nitrogens with zero attached hydrogens (tertiary/aromatic N) is 3. The number of hydrogen-bond acceptors (Lipinski definition) is 7. The summed E-state index contributed by atoms with van der Waals surface area (Å²) in [6.45, 7) is 4.86.